The maximum absolute atomic E-state index is 12.1. The number of piperazine rings is 1. The van der Waals surface area contributed by atoms with E-state index in [1.807, 2.05) is 35.2 Å². The minimum absolute atomic E-state index is 0.0115. The van der Waals surface area contributed by atoms with Crippen LogP contribution in [0, 0.1) is 0 Å². The average molecular weight is 317 g/mol. The summed E-state index contributed by atoms with van der Waals surface area (Å²) in [5.74, 6) is 0.154. The Kier molecular flexibility index (Phi) is 7.07. The minimum Gasteiger partial charge on any atom is -0.356 e. The van der Waals surface area contributed by atoms with Crippen molar-refractivity contribution in [3.63, 3.8) is 0 Å². The SMILES string of the molecule is CCN1CCN(C(=O)CCNC(=O)CCc2ccccc2)CC1. The van der Waals surface area contributed by atoms with Crippen LogP contribution in [0.2, 0.25) is 0 Å². The number of aryl methyl sites for hydroxylation is 1. The Bertz CT molecular complexity index is 496. The van der Waals surface area contributed by atoms with Gasteiger partial charge in [0, 0.05) is 45.6 Å². The lowest BCUT2D eigenvalue weighted by atomic mass is 10.1. The van der Waals surface area contributed by atoms with Gasteiger partial charge in [-0.3, -0.25) is 9.59 Å². The molecule has 0 saturated carbocycles. The highest BCUT2D eigenvalue weighted by Crippen LogP contribution is 2.04. The summed E-state index contributed by atoms with van der Waals surface area (Å²) in [6.45, 7) is 7.11. The highest BCUT2D eigenvalue weighted by Gasteiger charge is 2.19. The second-order valence-electron chi connectivity index (χ2n) is 5.90. The van der Waals surface area contributed by atoms with Gasteiger partial charge in [0.05, 0.1) is 0 Å². The number of carbonyl (C=O) groups is 2. The van der Waals surface area contributed by atoms with Gasteiger partial charge in [-0.1, -0.05) is 37.3 Å². The van der Waals surface area contributed by atoms with Crippen molar-refractivity contribution in [1.29, 1.82) is 0 Å². The maximum atomic E-state index is 12.1. The van der Waals surface area contributed by atoms with Crippen LogP contribution in [0.15, 0.2) is 30.3 Å². The zero-order valence-corrected chi connectivity index (χ0v) is 14.0. The molecule has 0 atom stereocenters. The summed E-state index contributed by atoms with van der Waals surface area (Å²) in [4.78, 5) is 28.2. The van der Waals surface area contributed by atoms with Crippen molar-refractivity contribution in [1.82, 2.24) is 15.1 Å². The predicted octanol–water partition coefficient (Wildman–Crippen LogP) is 1.29. The molecular formula is C18H27N3O2. The van der Waals surface area contributed by atoms with E-state index in [1.54, 1.807) is 0 Å². The summed E-state index contributed by atoms with van der Waals surface area (Å²) in [5.41, 5.74) is 1.16. The second kappa shape index (κ2) is 9.30. The molecule has 5 nitrogen and oxygen atoms in total. The first-order chi connectivity index (χ1) is 11.2. The van der Waals surface area contributed by atoms with Crippen molar-refractivity contribution in [2.24, 2.45) is 0 Å². The standard InChI is InChI=1S/C18H27N3O2/c1-2-20-12-14-21(15-13-20)18(23)10-11-19-17(22)9-8-16-6-4-3-5-7-16/h3-7H,2,8-15H2,1H3,(H,19,22). The Morgan fingerprint density at radius 1 is 1.04 bits per heavy atom. The lowest BCUT2D eigenvalue weighted by Gasteiger charge is -2.34. The Morgan fingerprint density at radius 3 is 2.39 bits per heavy atom. The number of likely N-dealkylation sites (N-methyl/N-ethyl adjacent to an activating group) is 1. The van der Waals surface area contributed by atoms with Crippen LogP contribution in [0.3, 0.4) is 0 Å². The van der Waals surface area contributed by atoms with Crippen LogP contribution < -0.4 is 5.32 Å². The van der Waals surface area contributed by atoms with Gasteiger partial charge in [0.1, 0.15) is 0 Å². The Balaban J connectivity index is 1.59. The number of rotatable bonds is 7. The summed E-state index contributed by atoms with van der Waals surface area (Å²) in [6.07, 6.45) is 1.59. The van der Waals surface area contributed by atoms with Crippen molar-refractivity contribution >= 4 is 11.8 Å². The number of hydrogen-bond donors (Lipinski definition) is 1. The molecule has 0 spiro atoms. The molecule has 1 aliphatic rings. The van der Waals surface area contributed by atoms with Crippen LogP contribution in [0.1, 0.15) is 25.3 Å². The topological polar surface area (TPSA) is 52.6 Å². The van der Waals surface area contributed by atoms with Crippen LogP contribution in [0.25, 0.3) is 0 Å². The van der Waals surface area contributed by atoms with E-state index < -0.39 is 0 Å². The van der Waals surface area contributed by atoms with E-state index in [-0.39, 0.29) is 11.8 Å². The molecule has 0 bridgehead atoms. The van der Waals surface area contributed by atoms with Gasteiger partial charge in [-0.2, -0.15) is 0 Å². The van der Waals surface area contributed by atoms with Crippen molar-refractivity contribution in [2.75, 3.05) is 39.3 Å². The highest BCUT2D eigenvalue weighted by molar-refractivity contribution is 5.79. The number of carbonyl (C=O) groups excluding carboxylic acids is 2. The molecule has 1 aliphatic heterocycles. The molecule has 1 saturated heterocycles. The fourth-order valence-electron chi connectivity index (χ4n) is 2.77. The maximum Gasteiger partial charge on any atom is 0.224 e. The molecule has 1 aromatic rings. The largest absolute Gasteiger partial charge is 0.356 e. The zero-order valence-electron chi connectivity index (χ0n) is 14.0. The van der Waals surface area contributed by atoms with Gasteiger partial charge in [0.25, 0.3) is 0 Å². The Hall–Kier alpha value is -1.88. The summed E-state index contributed by atoms with van der Waals surface area (Å²) in [7, 11) is 0. The summed E-state index contributed by atoms with van der Waals surface area (Å²) >= 11 is 0. The number of benzene rings is 1. The Morgan fingerprint density at radius 2 is 1.74 bits per heavy atom. The summed E-state index contributed by atoms with van der Waals surface area (Å²) in [5, 5.41) is 2.85. The molecule has 0 aromatic heterocycles. The van der Waals surface area contributed by atoms with Crippen LogP contribution in [0.5, 0.6) is 0 Å². The molecule has 1 aromatic carbocycles. The van der Waals surface area contributed by atoms with Crippen LogP contribution in [-0.4, -0.2) is 60.9 Å². The molecule has 1 fully saturated rings. The average Bonchev–Trinajstić information content (AvgIpc) is 2.61. The Labute approximate surface area is 138 Å². The van der Waals surface area contributed by atoms with Gasteiger partial charge in [0.2, 0.25) is 11.8 Å². The van der Waals surface area contributed by atoms with E-state index >= 15 is 0 Å². The normalized spacial score (nSPS) is 15.4. The predicted molar refractivity (Wildman–Crippen MR) is 91.1 cm³/mol. The number of hydrogen-bond acceptors (Lipinski definition) is 3. The van der Waals surface area contributed by atoms with E-state index in [0.717, 1.165) is 44.7 Å². The minimum atomic E-state index is 0.0115. The van der Waals surface area contributed by atoms with Gasteiger partial charge in [-0.25, -0.2) is 0 Å². The van der Waals surface area contributed by atoms with Gasteiger partial charge >= 0.3 is 0 Å². The number of nitrogens with one attached hydrogen (secondary N) is 1. The van der Waals surface area contributed by atoms with Crippen LogP contribution >= 0.6 is 0 Å². The lowest BCUT2D eigenvalue weighted by Crippen LogP contribution is -2.49. The fourth-order valence-corrected chi connectivity index (χ4v) is 2.77. The monoisotopic (exact) mass is 317 g/mol. The third kappa shape index (κ3) is 6.02. The molecule has 0 radical (unpaired) electrons. The number of amides is 2. The summed E-state index contributed by atoms with van der Waals surface area (Å²) in [6, 6.07) is 9.96. The molecule has 0 unspecified atom stereocenters. The molecule has 23 heavy (non-hydrogen) atoms. The smallest absolute Gasteiger partial charge is 0.224 e. The van der Waals surface area contributed by atoms with E-state index in [1.165, 1.54) is 0 Å². The first kappa shape index (κ1) is 17.5. The van der Waals surface area contributed by atoms with Crippen LogP contribution in [0.4, 0.5) is 0 Å². The van der Waals surface area contributed by atoms with Gasteiger partial charge in [-0.05, 0) is 18.5 Å². The van der Waals surface area contributed by atoms with E-state index in [2.05, 4.69) is 17.1 Å². The fraction of sp³-hybridized carbons (Fsp3) is 0.556. The molecule has 126 valence electrons. The van der Waals surface area contributed by atoms with Gasteiger partial charge in [-0.15, -0.1) is 0 Å². The lowest BCUT2D eigenvalue weighted by molar-refractivity contribution is -0.132. The van der Waals surface area contributed by atoms with E-state index in [9.17, 15) is 9.59 Å². The molecular weight excluding hydrogens is 290 g/mol. The quantitative estimate of drug-likeness (QED) is 0.824. The summed E-state index contributed by atoms with van der Waals surface area (Å²) < 4.78 is 0. The van der Waals surface area contributed by atoms with Crippen LogP contribution in [-0.2, 0) is 16.0 Å². The van der Waals surface area contributed by atoms with E-state index in [0.29, 0.717) is 19.4 Å². The molecule has 2 amide bonds. The first-order valence-electron chi connectivity index (χ1n) is 8.49. The molecule has 2 rings (SSSR count). The van der Waals surface area contributed by atoms with E-state index in [4.69, 9.17) is 0 Å². The zero-order chi connectivity index (χ0) is 16.5. The third-order valence-electron chi connectivity index (χ3n) is 4.32. The van der Waals surface area contributed by atoms with Crippen molar-refractivity contribution < 1.29 is 9.59 Å². The first-order valence-corrected chi connectivity index (χ1v) is 8.49. The second-order valence-corrected chi connectivity index (χ2v) is 5.90. The highest BCUT2D eigenvalue weighted by atomic mass is 16.2. The third-order valence-corrected chi connectivity index (χ3v) is 4.32. The molecule has 1 heterocycles. The van der Waals surface area contributed by atoms with Crippen molar-refractivity contribution in [3.05, 3.63) is 35.9 Å². The molecule has 5 heteroatoms. The van der Waals surface area contributed by atoms with Gasteiger partial charge in [0.15, 0.2) is 0 Å². The van der Waals surface area contributed by atoms with Crippen molar-refractivity contribution in [3.8, 4) is 0 Å². The molecule has 0 aliphatic carbocycles. The van der Waals surface area contributed by atoms with Gasteiger partial charge < -0.3 is 15.1 Å². The van der Waals surface area contributed by atoms with Crippen molar-refractivity contribution in [2.45, 2.75) is 26.2 Å². The molecule has 1 N–H and O–H groups in total. The number of nitrogens with zero attached hydrogens (tertiary/aromatic N) is 2.